The van der Waals surface area contributed by atoms with E-state index in [-0.39, 0.29) is 24.5 Å². The minimum Gasteiger partial charge on any atom is -0.366 e. The lowest BCUT2D eigenvalue weighted by Gasteiger charge is -2.25. The van der Waals surface area contributed by atoms with Gasteiger partial charge in [0.15, 0.2) is 5.13 Å². The van der Waals surface area contributed by atoms with Gasteiger partial charge in [0.25, 0.3) is 0 Å². The molecule has 0 radical (unpaired) electrons. The predicted octanol–water partition coefficient (Wildman–Crippen LogP) is 2.30. The fourth-order valence-electron chi connectivity index (χ4n) is 3.95. The van der Waals surface area contributed by atoms with Crippen molar-refractivity contribution in [3.05, 3.63) is 40.4 Å². The summed E-state index contributed by atoms with van der Waals surface area (Å²) >= 11 is 1.46. The zero-order valence-corrected chi connectivity index (χ0v) is 18.0. The van der Waals surface area contributed by atoms with E-state index in [1.54, 1.807) is 24.3 Å². The molecule has 4 amide bonds. The number of hydrogen-bond donors (Lipinski definition) is 4. The first-order valence-corrected chi connectivity index (χ1v) is 11.3. The summed E-state index contributed by atoms with van der Waals surface area (Å²) in [6, 6.07) is 6.54. The van der Waals surface area contributed by atoms with Gasteiger partial charge in [0.1, 0.15) is 0 Å². The van der Waals surface area contributed by atoms with Gasteiger partial charge in [0, 0.05) is 41.7 Å². The average Bonchev–Trinajstić information content (AvgIpc) is 3.37. The van der Waals surface area contributed by atoms with Crippen molar-refractivity contribution in [1.29, 1.82) is 0 Å². The van der Waals surface area contributed by atoms with E-state index in [0.717, 1.165) is 36.4 Å². The van der Waals surface area contributed by atoms with E-state index in [1.165, 1.54) is 24.2 Å². The van der Waals surface area contributed by atoms with Crippen LogP contribution in [0.15, 0.2) is 24.3 Å². The Bertz CT molecular complexity index is 968. The van der Waals surface area contributed by atoms with Gasteiger partial charge in [-0.3, -0.25) is 19.8 Å². The maximum atomic E-state index is 12.4. The van der Waals surface area contributed by atoms with E-state index < -0.39 is 5.91 Å². The van der Waals surface area contributed by atoms with E-state index in [9.17, 15) is 14.4 Å². The Morgan fingerprint density at radius 3 is 2.58 bits per heavy atom. The van der Waals surface area contributed by atoms with Crippen LogP contribution in [-0.4, -0.2) is 46.9 Å². The molecular weight excluding hydrogens is 416 g/mol. The Morgan fingerprint density at radius 1 is 1.13 bits per heavy atom. The van der Waals surface area contributed by atoms with Crippen LogP contribution < -0.4 is 21.7 Å². The first-order valence-electron chi connectivity index (χ1n) is 10.4. The number of anilines is 2. The molecule has 5 N–H and O–H groups in total. The van der Waals surface area contributed by atoms with E-state index >= 15 is 0 Å². The Labute approximate surface area is 184 Å². The molecule has 10 heteroatoms. The molecule has 1 saturated carbocycles. The van der Waals surface area contributed by atoms with Gasteiger partial charge in [-0.05, 0) is 37.1 Å². The van der Waals surface area contributed by atoms with E-state index in [2.05, 4.69) is 25.8 Å². The average molecular weight is 443 g/mol. The molecule has 2 heterocycles. The molecule has 0 saturated heterocycles. The van der Waals surface area contributed by atoms with Crippen molar-refractivity contribution in [1.82, 2.24) is 15.2 Å². The summed E-state index contributed by atoms with van der Waals surface area (Å²) in [6.07, 6.45) is 5.14. The Morgan fingerprint density at radius 2 is 1.87 bits per heavy atom. The molecular formula is C21H26N6O3S. The number of nitrogens with one attached hydrogen (secondary N) is 3. The lowest BCUT2D eigenvalue weighted by atomic mass is 10.2. The monoisotopic (exact) mass is 442 g/mol. The summed E-state index contributed by atoms with van der Waals surface area (Å²) in [4.78, 5) is 43.4. The van der Waals surface area contributed by atoms with Crippen LogP contribution in [0, 0.1) is 0 Å². The Kier molecular flexibility index (Phi) is 6.47. The van der Waals surface area contributed by atoms with E-state index in [1.807, 2.05) is 0 Å². The molecule has 0 atom stereocenters. The smallest absolute Gasteiger partial charge is 0.321 e. The van der Waals surface area contributed by atoms with Crippen molar-refractivity contribution in [3.8, 4) is 0 Å². The SMILES string of the molecule is NC(=O)c1ccc(NC(=O)CN2CCc3nc(NC(=O)NC4CCCC4)sc3C2)cc1. The minimum absolute atomic E-state index is 0.130. The number of primary amides is 1. The molecule has 0 bridgehead atoms. The summed E-state index contributed by atoms with van der Waals surface area (Å²) in [5, 5.41) is 9.29. The fraction of sp³-hybridized carbons (Fsp3) is 0.429. The van der Waals surface area contributed by atoms with Crippen molar-refractivity contribution >= 4 is 40.0 Å². The third-order valence-electron chi connectivity index (χ3n) is 5.54. The highest BCUT2D eigenvalue weighted by atomic mass is 32.1. The number of carbonyl (C=O) groups is 3. The van der Waals surface area contributed by atoms with Gasteiger partial charge < -0.3 is 16.4 Å². The second-order valence-electron chi connectivity index (χ2n) is 7.92. The van der Waals surface area contributed by atoms with Gasteiger partial charge in [-0.15, -0.1) is 11.3 Å². The van der Waals surface area contributed by atoms with Crippen LogP contribution in [0.5, 0.6) is 0 Å². The Balaban J connectivity index is 1.27. The van der Waals surface area contributed by atoms with Crippen LogP contribution in [0.25, 0.3) is 0 Å². The lowest BCUT2D eigenvalue weighted by molar-refractivity contribution is -0.117. The molecule has 2 aromatic rings. The van der Waals surface area contributed by atoms with Crippen LogP contribution >= 0.6 is 11.3 Å². The van der Waals surface area contributed by atoms with Crippen LogP contribution in [-0.2, 0) is 17.8 Å². The van der Waals surface area contributed by atoms with Crippen molar-refractivity contribution < 1.29 is 14.4 Å². The summed E-state index contributed by atoms with van der Waals surface area (Å²) in [5.74, 6) is -0.634. The van der Waals surface area contributed by atoms with Crippen LogP contribution in [0.3, 0.4) is 0 Å². The molecule has 164 valence electrons. The van der Waals surface area contributed by atoms with Crippen LogP contribution in [0.1, 0.15) is 46.6 Å². The van der Waals surface area contributed by atoms with Gasteiger partial charge in [0.05, 0.1) is 12.2 Å². The first kappa shape index (κ1) is 21.3. The Hall–Kier alpha value is -2.98. The molecule has 0 spiro atoms. The largest absolute Gasteiger partial charge is 0.366 e. The van der Waals surface area contributed by atoms with Gasteiger partial charge in [-0.1, -0.05) is 12.8 Å². The van der Waals surface area contributed by atoms with Crippen molar-refractivity contribution in [2.24, 2.45) is 5.73 Å². The van der Waals surface area contributed by atoms with E-state index in [4.69, 9.17) is 5.73 Å². The maximum absolute atomic E-state index is 12.4. The van der Waals surface area contributed by atoms with Gasteiger partial charge >= 0.3 is 6.03 Å². The number of thiazole rings is 1. The number of benzene rings is 1. The molecule has 4 rings (SSSR count). The molecule has 1 fully saturated rings. The minimum atomic E-state index is -0.503. The third kappa shape index (κ3) is 5.59. The summed E-state index contributed by atoms with van der Waals surface area (Å²) in [6.45, 7) is 1.59. The normalized spacial score (nSPS) is 16.5. The van der Waals surface area contributed by atoms with Crippen LogP contribution in [0.4, 0.5) is 15.6 Å². The summed E-state index contributed by atoms with van der Waals surface area (Å²) < 4.78 is 0. The number of rotatable bonds is 6. The summed E-state index contributed by atoms with van der Waals surface area (Å²) in [7, 11) is 0. The van der Waals surface area contributed by atoms with E-state index in [0.29, 0.717) is 22.9 Å². The summed E-state index contributed by atoms with van der Waals surface area (Å²) in [5.41, 5.74) is 7.23. The molecule has 31 heavy (non-hydrogen) atoms. The molecule has 1 aromatic heterocycles. The quantitative estimate of drug-likeness (QED) is 0.545. The highest BCUT2D eigenvalue weighted by molar-refractivity contribution is 7.15. The predicted molar refractivity (Wildman–Crippen MR) is 119 cm³/mol. The number of nitrogens with zero attached hydrogens (tertiary/aromatic N) is 2. The van der Waals surface area contributed by atoms with Crippen LogP contribution in [0.2, 0.25) is 0 Å². The third-order valence-corrected chi connectivity index (χ3v) is 6.54. The number of hydrogen-bond acceptors (Lipinski definition) is 6. The first-order chi connectivity index (χ1) is 15.0. The second kappa shape index (κ2) is 9.44. The zero-order valence-electron chi connectivity index (χ0n) is 17.1. The topological polar surface area (TPSA) is 129 Å². The number of urea groups is 1. The van der Waals surface area contributed by atoms with Crippen molar-refractivity contribution in [2.75, 3.05) is 23.7 Å². The molecule has 1 aromatic carbocycles. The number of carbonyl (C=O) groups excluding carboxylic acids is 3. The number of fused-ring (bicyclic) bond motifs is 1. The highest BCUT2D eigenvalue weighted by Gasteiger charge is 2.23. The fourth-order valence-corrected chi connectivity index (χ4v) is 4.99. The zero-order chi connectivity index (χ0) is 21.8. The van der Waals surface area contributed by atoms with Crippen molar-refractivity contribution in [3.63, 3.8) is 0 Å². The molecule has 9 nitrogen and oxygen atoms in total. The maximum Gasteiger partial charge on any atom is 0.321 e. The lowest BCUT2D eigenvalue weighted by Crippen LogP contribution is -2.36. The molecule has 1 aliphatic carbocycles. The van der Waals surface area contributed by atoms with Gasteiger partial charge in [0.2, 0.25) is 11.8 Å². The molecule has 0 unspecified atom stereocenters. The second-order valence-corrected chi connectivity index (χ2v) is 9.00. The number of aromatic nitrogens is 1. The number of amides is 4. The van der Waals surface area contributed by atoms with Gasteiger partial charge in [-0.2, -0.15) is 0 Å². The van der Waals surface area contributed by atoms with Gasteiger partial charge in [-0.25, -0.2) is 9.78 Å². The molecule has 1 aliphatic heterocycles. The molecule has 2 aliphatic rings. The highest BCUT2D eigenvalue weighted by Crippen LogP contribution is 2.28. The van der Waals surface area contributed by atoms with Crippen molar-refractivity contribution in [2.45, 2.75) is 44.7 Å². The number of nitrogens with two attached hydrogens (primary N) is 1. The standard InChI is InChI=1S/C21H26N6O3S/c22-19(29)13-5-7-15(8-6-13)23-18(28)12-27-10-9-16-17(11-27)31-21(25-16)26-20(30)24-14-3-1-2-4-14/h5-8,14H,1-4,9-12H2,(H2,22,29)(H,23,28)(H2,24,25,26,30).